The molecule has 4 heterocycles. The normalized spacial score (nSPS) is 18.4. The highest BCUT2D eigenvalue weighted by atomic mass is 16.5. The Kier molecular flexibility index (Phi) is 4.54. The lowest BCUT2D eigenvalue weighted by Crippen LogP contribution is -2.56. The molecule has 3 aromatic rings. The molecular formula is C22H28N6O2. The zero-order valence-electron chi connectivity index (χ0n) is 17.8. The summed E-state index contributed by atoms with van der Waals surface area (Å²) in [4.78, 5) is 14.4. The fourth-order valence-corrected chi connectivity index (χ4v) is 4.38. The van der Waals surface area contributed by atoms with Crippen LogP contribution in [-0.2, 0) is 11.8 Å². The lowest BCUT2D eigenvalue weighted by atomic mass is 9.78. The Bertz CT molecular complexity index is 1090. The van der Waals surface area contributed by atoms with Gasteiger partial charge in [-0.25, -0.2) is 4.52 Å². The number of rotatable bonds is 7. The van der Waals surface area contributed by atoms with Crippen LogP contribution in [0.3, 0.4) is 0 Å². The number of aryl methyl sites for hydroxylation is 1. The molecule has 30 heavy (non-hydrogen) atoms. The number of amides is 1. The Morgan fingerprint density at radius 1 is 1.30 bits per heavy atom. The molecule has 0 bridgehead atoms. The van der Waals surface area contributed by atoms with Crippen LogP contribution in [0.5, 0.6) is 5.75 Å². The molecule has 8 heteroatoms. The molecule has 0 aromatic carbocycles. The highest BCUT2D eigenvalue weighted by Gasteiger charge is 2.40. The molecule has 3 aromatic heterocycles. The summed E-state index contributed by atoms with van der Waals surface area (Å²) in [5, 5.41) is 11.8. The maximum atomic E-state index is 12.0. The number of anilines is 1. The van der Waals surface area contributed by atoms with E-state index in [1.54, 1.807) is 10.7 Å². The molecule has 1 saturated heterocycles. The number of hydrogen-bond acceptors (Lipinski definition) is 5. The van der Waals surface area contributed by atoms with Crippen LogP contribution < -0.4 is 10.1 Å². The van der Waals surface area contributed by atoms with Crippen LogP contribution in [0, 0.1) is 11.3 Å². The number of aromatic nitrogens is 4. The Morgan fingerprint density at radius 2 is 2.10 bits per heavy atom. The fourth-order valence-electron chi connectivity index (χ4n) is 4.38. The number of likely N-dealkylation sites (tertiary alicyclic amines) is 1. The number of fused-ring (bicyclic) bond motifs is 1. The fraction of sp³-hybridized carbons (Fsp3) is 0.500. The highest BCUT2D eigenvalue weighted by molar-refractivity contribution is 5.93. The number of pyridine rings is 1. The van der Waals surface area contributed by atoms with Crippen LogP contribution in [-0.4, -0.2) is 56.9 Å². The van der Waals surface area contributed by atoms with E-state index in [9.17, 15) is 4.79 Å². The van der Waals surface area contributed by atoms with Crippen LogP contribution in [0.2, 0.25) is 0 Å². The lowest BCUT2D eigenvalue weighted by molar-refractivity contribution is -0.117. The van der Waals surface area contributed by atoms with Gasteiger partial charge in [-0.3, -0.25) is 9.48 Å². The van der Waals surface area contributed by atoms with Gasteiger partial charge in [0.05, 0.1) is 18.3 Å². The van der Waals surface area contributed by atoms with Crippen LogP contribution in [0.1, 0.15) is 26.2 Å². The van der Waals surface area contributed by atoms with Crippen molar-refractivity contribution >= 4 is 17.2 Å². The van der Waals surface area contributed by atoms with Gasteiger partial charge in [-0.05, 0) is 38.4 Å². The zero-order chi connectivity index (χ0) is 20.9. The molecule has 1 saturated carbocycles. The van der Waals surface area contributed by atoms with Crippen LogP contribution in [0.4, 0.5) is 5.82 Å². The summed E-state index contributed by atoms with van der Waals surface area (Å²) in [6.07, 6.45) is 6.75. The Labute approximate surface area is 175 Å². The predicted octanol–water partition coefficient (Wildman–Crippen LogP) is 2.80. The van der Waals surface area contributed by atoms with Crippen molar-refractivity contribution < 1.29 is 9.53 Å². The molecule has 1 amide bonds. The van der Waals surface area contributed by atoms with Gasteiger partial charge in [0.25, 0.3) is 0 Å². The lowest BCUT2D eigenvalue weighted by Gasteiger charge is -2.47. The van der Waals surface area contributed by atoms with Crippen molar-refractivity contribution in [3.05, 3.63) is 30.6 Å². The molecular weight excluding hydrogens is 380 g/mol. The summed E-state index contributed by atoms with van der Waals surface area (Å²) in [5.74, 6) is 1.60. The number of carbonyl (C=O) groups excluding carboxylic acids is 1. The number of hydrogen-bond donors (Lipinski definition) is 1. The third-order valence-electron chi connectivity index (χ3n) is 6.34. The van der Waals surface area contributed by atoms with Crippen molar-refractivity contribution in [3.63, 3.8) is 0 Å². The maximum Gasteiger partial charge on any atom is 0.228 e. The molecule has 0 radical (unpaired) electrons. The van der Waals surface area contributed by atoms with Gasteiger partial charge < -0.3 is 15.0 Å². The van der Waals surface area contributed by atoms with E-state index < -0.39 is 0 Å². The van der Waals surface area contributed by atoms with Crippen molar-refractivity contribution in [2.24, 2.45) is 18.4 Å². The summed E-state index contributed by atoms with van der Waals surface area (Å²) in [5.41, 5.74) is 3.10. The maximum absolute atomic E-state index is 12.0. The summed E-state index contributed by atoms with van der Waals surface area (Å²) >= 11 is 0. The highest BCUT2D eigenvalue weighted by Crippen LogP contribution is 2.36. The first-order chi connectivity index (χ1) is 14.5. The van der Waals surface area contributed by atoms with Gasteiger partial charge in [-0.1, -0.05) is 6.92 Å². The number of nitrogens with zero attached hydrogens (tertiary/aromatic N) is 5. The first-order valence-corrected chi connectivity index (χ1v) is 10.6. The molecule has 0 spiro atoms. The Hall–Kier alpha value is -2.87. The minimum atomic E-state index is 0.0624. The average molecular weight is 409 g/mol. The van der Waals surface area contributed by atoms with Gasteiger partial charge in [0.1, 0.15) is 5.69 Å². The van der Waals surface area contributed by atoms with E-state index in [1.807, 2.05) is 30.1 Å². The minimum Gasteiger partial charge on any atom is -0.489 e. The van der Waals surface area contributed by atoms with E-state index in [0.29, 0.717) is 12.4 Å². The second-order valence-electron chi connectivity index (χ2n) is 8.87. The molecule has 158 valence electrons. The van der Waals surface area contributed by atoms with Gasteiger partial charge in [-0.15, -0.1) is 0 Å². The number of nitrogens with one attached hydrogen (secondary N) is 1. The first kappa shape index (κ1) is 19.1. The van der Waals surface area contributed by atoms with E-state index in [-0.39, 0.29) is 17.2 Å². The molecule has 2 aliphatic rings. The molecule has 5 rings (SSSR count). The molecule has 8 nitrogen and oxygen atoms in total. The van der Waals surface area contributed by atoms with Crippen molar-refractivity contribution in [2.45, 2.75) is 26.2 Å². The van der Waals surface area contributed by atoms with Gasteiger partial charge in [0.15, 0.2) is 11.6 Å². The molecule has 1 N–H and O–H groups in total. The molecule has 0 atom stereocenters. The van der Waals surface area contributed by atoms with E-state index in [1.165, 1.54) is 0 Å². The van der Waals surface area contributed by atoms with Crippen molar-refractivity contribution in [2.75, 3.05) is 32.1 Å². The van der Waals surface area contributed by atoms with Gasteiger partial charge in [0.2, 0.25) is 5.91 Å². The Balaban J connectivity index is 1.38. The quantitative estimate of drug-likeness (QED) is 0.651. The van der Waals surface area contributed by atoms with Gasteiger partial charge in [0, 0.05) is 49.3 Å². The molecule has 2 fully saturated rings. The summed E-state index contributed by atoms with van der Waals surface area (Å²) in [6.45, 7) is 5.05. The van der Waals surface area contributed by atoms with Gasteiger partial charge >= 0.3 is 0 Å². The van der Waals surface area contributed by atoms with E-state index in [4.69, 9.17) is 4.74 Å². The summed E-state index contributed by atoms with van der Waals surface area (Å²) in [7, 11) is 4.07. The van der Waals surface area contributed by atoms with Crippen molar-refractivity contribution in [1.29, 1.82) is 0 Å². The predicted molar refractivity (Wildman–Crippen MR) is 114 cm³/mol. The average Bonchev–Trinajstić information content (AvgIpc) is 3.39. The van der Waals surface area contributed by atoms with Crippen molar-refractivity contribution in [3.8, 4) is 17.0 Å². The third kappa shape index (κ3) is 3.45. The molecule has 1 aliphatic carbocycles. The van der Waals surface area contributed by atoms with Crippen LogP contribution in [0.25, 0.3) is 16.8 Å². The largest absolute Gasteiger partial charge is 0.489 e. The first-order valence-electron chi connectivity index (χ1n) is 10.6. The van der Waals surface area contributed by atoms with Gasteiger partial charge in [-0.2, -0.15) is 10.2 Å². The Morgan fingerprint density at radius 3 is 2.80 bits per heavy atom. The smallest absolute Gasteiger partial charge is 0.228 e. The second-order valence-corrected chi connectivity index (χ2v) is 8.87. The molecule has 0 unspecified atom stereocenters. The standard InChI is InChI=1S/C22H28N6O2/c1-4-22(12-26(2)13-22)14-30-18-11-23-27(3)20(18)16-7-8-28-17(9-16)10-19(25-28)24-21(29)15-5-6-15/h7-11,15H,4-6,12-14H2,1-3H3,(H,24,25,29). The number of ether oxygens (including phenoxy) is 1. The molecule has 1 aliphatic heterocycles. The van der Waals surface area contributed by atoms with Crippen molar-refractivity contribution in [1.82, 2.24) is 24.3 Å². The van der Waals surface area contributed by atoms with E-state index >= 15 is 0 Å². The minimum absolute atomic E-state index is 0.0624. The SMILES string of the molecule is CCC1(COc2cnn(C)c2-c2ccn3nc(NC(=O)C4CC4)cc3c2)CN(C)C1. The van der Waals surface area contributed by atoms with E-state index in [0.717, 1.165) is 54.9 Å². The summed E-state index contributed by atoms with van der Waals surface area (Å²) in [6, 6.07) is 5.95. The zero-order valence-corrected chi connectivity index (χ0v) is 17.8. The third-order valence-corrected chi connectivity index (χ3v) is 6.34. The van der Waals surface area contributed by atoms with E-state index in [2.05, 4.69) is 40.5 Å². The topological polar surface area (TPSA) is 76.7 Å². The van der Waals surface area contributed by atoms with Crippen LogP contribution in [0.15, 0.2) is 30.6 Å². The summed E-state index contributed by atoms with van der Waals surface area (Å²) < 4.78 is 9.90. The second kappa shape index (κ2) is 7.12. The number of carbonyl (C=O) groups is 1. The monoisotopic (exact) mass is 408 g/mol. The van der Waals surface area contributed by atoms with Crippen LogP contribution >= 0.6 is 0 Å².